The van der Waals surface area contributed by atoms with Gasteiger partial charge in [-0.1, -0.05) is 11.6 Å². The maximum absolute atomic E-state index is 10.4. The zero-order chi connectivity index (χ0) is 10.7. The molecule has 0 aromatic heterocycles. The average Bonchev–Trinajstić information content (AvgIpc) is 2.09. The summed E-state index contributed by atoms with van der Waals surface area (Å²) >= 11 is 5.70. The maximum atomic E-state index is 10.4. The van der Waals surface area contributed by atoms with Crippen molar-refractivity contribution in [3.05, 3.63) is 22.7 Å². The second-order valence-electron chi connectivity index (χ2n) is 2.69. The number of methoxy groups -OCH3 is 1. The van der Waals surface area contributed by atoms with E-state index in [0.717, 1.165) is 0 Å². The van der Waals surface area contributed by atoms with Crippen molar-refractivity contribution >= 4 is 17.6 Å². The van der Waals surface area contributed by atoms with Crippen LogP contribution in [0.25, 0.3) is 0 Å². The molecule has 14 heavy (non-hydrogen) atoms. The van der Waals surface area contributed by atoms with Gasteiger partial charge in [0.1, 0.15) is 0 Å². The third kappa shape index (κ3) is 2.29. The summed E-state index contributed by atoms with van der Waals surface area (Å²) < 4.78 is 4.82. The minimum absolute atomic E-state index is 0.175. The molecule has 2 N–H and O–H groups in total. The van der Waals surface area contributed by atoms with Crippen LogP contribution in [0.15, 0.2) is 12.1 Å². The quantitative estimate of drug-likeness (QED) is 0.807. The predicted octanol–water partition coefficient (Wildman–Crippen LogP) is 1.68. The van der Waals surface area contributed by atoms with Crippen LogP contribution in [0, 0.1) is 0 Å². The molecular weight excluding hydrogens is 208 g/mol. The van der Waals surface area contributed by atoms with E-state index in [1.807, 2.05) is 0 Å². The minimum atomic E-state index is -1.04. The Hall–Kier alpha value is -1.42. The highest BCUT2D eigenvalue weighted by atomic mass is 35.5. The fraction of sp³-hybridized carbons (Fsp3) is 0.222. The summed E-state index contributed by atoms with van der Waals surface area (Å²) in [7, 11) is 1.37. The number of carboxylic acid groups (broad SMARTS) is 1. The van der Waals surface area contributed by atoms with Crippen LogP contribution in [-0.2, 0) is 11.2 Å². The van der Waals surface area contributed by atoms with Gasteiger partial charge in [-0.25, -0.2) is 0 Å². The molecule has 0 aliphatic carbocycles. The van der Waals surface area contributed by atoms with E-state index < -0.39 is 5.97 Å². The summed E-state index contributed by atoms with van der Waals surface area (Å²) in [4.78, 5) is 10.4. The highest BCUT2D eigenvalue weighted by Crippen LogP contribution is 2.33. The van der Waals surface area contributed by atoms with Gasteiger partial charge in [-0.05, 0) is 6.07 Å². The summed E-state index contributed by atoms with van der Waals surface area (Å²) in [5.41, 5.74) is 0.238. The van der Waals surface area contributed by atoms with Gasteiger partial charge >= 0.3 is 5.97 Å². The van der Waals surface area contributed by atoms with Gasteiger partial charge in [-0.2, -0.15) is 0 Å². The number of ether oxygens (including phenoxy) is 1. The van der Waals surface area contributed by atoms with E-state index in [1.54, 1.807) is 0 Å². The summed E-state index contributed by atoms with van der Waals surface area (Å²) in [5, 5.41) is 18.4. The van der Waals surface area contributed by atoms with E-state index in [0.29, 0.717) is 5.02 Å². The second kappa shape index (κ2) is 4.19. The molecule has 76 valence electrons. The van der Waals surface area contributed by atoms with Crippen LogP contribution in [0.4, 0.5) is 0 Å². The van der Waals surface area contributed by atoms with Gasteiger partial charge in [-0.3, -0.25) is 4.79 Å². The lowest BCUT2D eigenvalue weighted by atomic mass is 10.1. The monoisotopic (exact) mass is 216 g/mol. The van der Waals surface area contributed by atoms with Crippen LogP contribution in [-0.4, -0.2) is 23.3 Å². The van der Waals surface area contributed by atoms with Crippen molar-refractivity contribution in [3.8, 4) is 11.5 Å². The SMILES string of the molecule is COc1cc(Cl)cc(CC(=O)O)c1O. The molecule has 0 fully saturated rings. The third-order valence-electron chi connectivity index (χ3n) is 1.68. The van der Waals surface area contributed by atoms with Crippen LogP contribution in [0.3, 0.4) is 0 Å². The smallest absolute Gasteiger partial charge is 0.307 e. The topological polar surface area (TPSA) is 66.8 Å². The number of benzene rings is 1. The molecule has 0 aliphatic heterocycles. The first-order valence-corrected chi connectivity index (χ1v) is 4.19. The lowest BCUT2D eigenvalue weighted by Crippen LogP contribution is -2.01. The highest BCUT2D eigenvalue weighted by molar-refractivity contribution is 6.30. The van der Waals surface area contributed by atoms with Crippen molar-refractivity contribution in [1.29, 1.82) is 0 Å². The largest absolute Gasteiger partial charge is 0.504 e. The molecule has 0 radical (unpaired) electrons. The van der Waals surface area contributed by atoms with Crippen molar-refractivity contribution in [2.45, 2.75) is 6.42 Å². The molecule has 0 heterocycles. The zero-order valence-corrected chi connectivity index (χ0v) is 8.21. The molecule has 1 aromatic carbocycles. The van der Waals surface area contributed by atoms with Crippen molar-refractivity contribution in [3.63, 3.8) is 0 Å². The minimum Gasteiger partial charge on any atom is -0.504 e. The first-order chi connectivity index (χ1) is 6.54. The molecule has 0 bridgehead atoms. The molecule has 1 rings (SSSR count). The molecule has 4 nitrogen and oxygen atoms in total. The molecule has 5 heteroatoms. The number of rotatable bonds is 3. The molecule has 0 atom stereocenters. The molecule has 0 aliphatic rings. The average molecular weight is 217 g/mol. The molecule has 0 saturated carbocycles. The fourth-order valence-electron chi connectivity index (χ4n) is 1.08. The Labute approximate surface area is 85.7 Å². The van der Waals surface area contributed by atoms with Crippen molar-refractivity contribution in [2.75, 3.05) is 7.11 Å². The number of carbonyl (C=O) groups is 1. The van der Waals surface area contributed by atoms with E-state index in [4.69, 9.17) is 21.4 Å². The molecular formula is C9H9ClO4. The van der Waals surface area contributed by atoms with Crippen molar-refractivity contribution in [2.24, 2.45) is 0 Å². The Kier molecular flexibility index (Phi) is 3.19. The molecule has 0 unspecified atom stereocenters. The number of hydrogen-bond acceptors (Lipinski definition) is 3. The van der Waals surface area contributed by atoms with Crippen LogP contribution >= 0.6 is 11.6 Å². The summed E-state index contributed by atoms with van der Waals surface area (Å²) in [6, 6.07) is 2.82. The molecule has 0 spiro atoms. The third-order valence-corrected chi connectivity index (χ3v) is 1.90. The molecule has 0 amide bonds. The Morgan fingerprint density at radius 2 is 2.21 bits per heavy atom. The number of phenols is 1. The van der Waals surface area contributed by atoms with Gasteiger partial charge in [0.25, 0.3) is 0 Å². The van der Waals surface area contributed by atoms with Gasteiger partial charge in [-0.15, -0.1) is 0 Å². The van der Waals surface area contributed by atoms with E-state index >= 15 is 0 Å². The summed E-state index contributed by atoms with van der Waals surface area (Å²) in [5.74, 6) is -1.04. The number of phenolic OH excluding ortho intramolecular Hbond substituents is 1. The van der Waals surface area contributed by atoms with Crippen LogP contribution in [0.1, 0.15) is 5.56 Å². The van der Waals surface area contributed by atoms with E-state index in [-0.39, 0.29) is 23.5 Å². The normalized spacial score (nSPS) is 9.86. The Balaban J connectivity index is 3.15. The standard InChI is InChI=1S/C9H9ClO4/c1-14-7-4-6(10)2-5(9(7)13)3-8(11)12/h2,4,13H,3H2,1H3,(H,11,12). The number of aliphatic carboxylic acids is 1. The number of hydrogen-bond donors (Lipinski definition) is 2. The summed E-state index contributed by atoms with van der Waals surface area (Å²) in [6.45, 7) is 0. The van der Waals surface area contributed by atoms with E-state index in [1.165, 1.54) is 19.2 Å². The lowest BCUT2D eigenvalue weighted by Gasteiger charge is -2.07. The van der Waals surface area contributed by atoms with Gasteiger partial charge < -0.3 is 14.9 Å². The van der Waals surface area contributed by atoms with E-state index in [9.17, 15) is 9.90 Å². The van der Waals surface area contributed by atoms with Crippen LogP contribution < -0.4 is 4.74 Å². The highest BCUT2D eigenvalue weighted by Gasteiger charge is 2.12. The second-order valence-corrected chi connectivity index (χ2v) is 3.12. The zero-order valence-electron chi connectivity index (χ0n) is 7.45. The number of aromatic hydroxyl groups is 1. The van der Waals surface area contributed by atoms with Gasteiger partial charge in [0.05, 0.1) is 13.5 Å². The maximum Gasteiger partial charge on any atom is 0.307 e. The van der Waals surface area contributed by atoms with Gasteiger partial charge in [0.15, 0.2) is 11.5 Å². The molecule has 1 aromatic rings. The van der Waals surface area contributed by atoms with Crippen molar-refractivity contribution < 1.29 is 19.7 Å². The van der Waals surface area contributed by atoms with Crippen LogP contribution in [0.5, 0.6) is 11.5 Å². The van der Waals surface area contributed by atoms with Crippen molar-refractivity contribution in [1.82, 2.24) is 0 Å². The molecule has 0 saturated heterocycles. The van der Waals surface area contributed by atoms with Crippen LogP contribution in [0.2, 0.25) is 5.02 Å². The first-order valence-electron chi connectivity index (χ1n) is 3.81. The number of carboxylic acids is 1. The fourth-order valence-corrected chi connectivity index (χ4v) is 1.31. The van der Waals surface area contributed by atoms with Gasteiger partial charge in [0.2, 0.25) is 0 Å². The Morgan fingerprint density at radius 3 is 2.71 bits per heavy atom. The van der Waals surface area contributed by atoms with E-state index in [2.05, 4.69) is 0 Å². The Morgan fingerprint density at radius 1 is 1.57 bits per heavy atom. The van der Waals surface area contributed by atoms with Gasteiger partial charge in [0, 0.05) is 16.7 Å². The lowest BCUT2D eigenvalue weighted by molar-refractivity contribution is -0.136. The predicted molar refractivity (Wildman–Crippen MR) is 51.0 cm³/mol. The Bertz CT molecular complexity index is 362. The summed E-state index contributed by atoms with van der Waals surface area (Å²) in [6.07, 6.45) is -0.289. The first kappa shape index (κ1) is 10.7. The number of halogens is 1.